The largest absolute Gasteiger partial charge is 0.508 e. The smallest absolute Gasteiger partial charge is 0.250 e. The van der Waals surface area contributed by atoms with Gasteiger partial charge in [-0.2, -0.15) is 0 Å². The number of phenols is 1. The summed E-state index contributed by atoms with van der Waals surface area (Å²) < 4.78 is 13.1. The number of rotatable bonds is 6. The second-order valence-corrected chi connectivity index (χ2v) is 7.54. The topological polar surface area (TPSA) is 60.9 Å². The molecule has 0 bridgehead atoms. The number of hydrogen-bond acceptors (Lipinski definition) is 3. The van der Waals surface area contributed by atoms with E-state index in [-0.39, 0.29) is 35.7 Å². The fraction of sp³-hybridized carbons (Fsp3) is 0.304. The van der Waals surface area contributed by atoms with E-state index < -0.39 is 6.04 Å². The molecule has 0 aromatic heterocycles. The van der Waals surface area contributed by atoms with E-state index in [4.69, 9.17) is 0 Å². The molecular weight excluding hydrogens is 371 g/mol. The van der Waals surface area contributed by atoms with E-state index in [9.17, 15) is 19.1 Å². The van der Waals surface area contributed by atoms with Gasteiger partial charge in [-0.15, -0.1) is 0 Å². The Kier molecular flexibility index (Phi) is 6.32. The van der Waals surface area contributed by atoms with E-state index in [1.165, 1.54) is 17.0 Å². The highest BCUT2D eigenvalue weighted by atomic mass is 19.1. The van der Waals surface area contributed by atoms with Gasteiger partial charge in [0.1, 0.15) is 17.6 Å². The minimum Gasteiger partial charge on any atom is -0.508 e. The molecule has 152 valence electrons. The number of nitrogens with zero attached hydrogens (tertiary/aromatic N) is 2. The Labute approximate surface area is 170 Å². The SMILES string of the molecule is CC(C)C1C(=O)N(CCc2ccc(O)cc2)C=CN1C(=O)Cc1ccc(F)cc1. The van der Waals surface area contributed by atoms with Crippen LogP contribution in [0, 0.1) is 11.7 Å². The monoisotopic (exact) mass is 396 g/mol. The van der Waals surface area contributed by atoms with Gasteiger partial charge in [0.05, 0.1) is 6.42 Å². The van der Waals surface area contributed by atoms with Crippen molar-refractivity contribution in [1.29, 1.82) is 0 Å². The molecule has 0 fully saturated rings. The third-order valence-electron chi connectivity index (χ3n) is 5.01. The molecule has 1 N–H and O–H groups in total. The molecule has 5 nitrogen and oxygen atoms in total. The summed E-state index contributed by atoms with van der Waals surface area (Å²) in [5.41, 5.74) is 1.72. The summed E-state index contributed by atoms with van der Waals surface area (Å²) in [6, 6.07) is 12.1. The summed E-state index contributed by atoms with van der Waals surface area (Å²) in [6.45, 7) is 4.32. The van der Waals surface area contributed by atoms with E-state index in [0.717, 1.165) is 5.56 Å². The Morgan fingerprint density at radius 1 is 1.03 bits per heavy atom. The molecule has 0 saturated carbocycles. The Morgan fingerprint density at radius 3 is 2.28 bits per heavy atom. The van der Waals surface area contributed by atoms with Crippen LogP contribution in [-0.4, -0.2) is 39.3 Å². The van der Waals surface area contributed by atoms with Gasteiger partial charge in [0.2, 0.25) is 11.8 Å². The molecule has 29 heavy (non-hydrogen) atoms. The molecule has 6 heteroatoms. The zero-order valence-electron chi connectivity index (χ0n) is 16.6. The molecule has 2 aromatic carbocycles. The summed E-state index contributed by atoms with van der Waals surface area (Å²) in [7, 11) is 0. The third-order valence-corrected chi connectivity index (χ3v) is 5.01. The maximum Gasteiger partial charge on any atom is 0.250 e. The molecule has 1 aliphatic heterocycles. The first-order valence-electron chi connectivity index (χ1n) is 9.67. The number of benzene rings is 2. The first kappa shape index (κ1) is 20.6. The molecule has 0 saturated heterocycles. The standard InChI is InChI=1S/C23H25FN2O3/c1-16(2)22-23(29)25(12-11-17-5-9-20(27)10-6-17)13-14-26(22)21(28)15-18-3-7-19(24)8-4-18/h3-10,13-14,16,22,27H,11-12,15H2,1-2H3. The molecule has 2 amide bonds. The van der Waals surface area contributed by atoms with E-state index in [2.05, 4.69) is 0 Å². The van der Waals surface area contributed by atoms with E-state index in [1.54, 1.807) is 41.6 Å². The zero-order valence-corrected chi connectivity index (χ0v) is 16.6. The van der Waals surface area contributed by atoms with Gasteiger partial charge in [-0.1, -0.05) is 38.1 Å². The predicted molar refractivity (Wildman–Crippen MR) is 108 cm³/mol. The summed E-state index contributed by atoms with van der Waals surface area (Å²) in [5, 5.41) is 9.38. The van der Waals surface area contributed by atoms with Crippen molar-refractivity contribution in [2.45, 2.75) is 32.7 Å². The number of phenolic OH excluding ortho intramolecular Hbond substituents is 1. The van der Waals surface area contributed by atoms with Crippen molar-refractivity contribution < 1.29 is 19.1 Å². The maximum atomic E-state index is 13.1. The van der Waals surface area contributed by atoms with Gasteiger partial charge in [0.25, 0.3) is 0 Å². The molecule has 3 rings (SSSR count). The lowest BCUT2D eigenvalue weighted by molar-refractivity contribution is -0.144. The molecule has 0 radical (unpaired) electrons. The van der Waals surface area contributed by atoms with Crippen molar-refractivity contribution in [1.82, 2.24) is 9.80 Å². The number of carbonyl (C=O) groups is 2. The molecule has 0 spiro atoms. The Bertz CT molecular complexity index is 891. The van der Waals surface area contributed by atoms with Crippen molar-refractivity contribution in [3.63, 3.8) is 0 Å². The molecule has 1 heterocycles. The van der Waals surface area contributed by atoms with Gasteiger partial charge in [0.15, 0.2) is 0 Å². The zero-order chi connectivity index (χ0) is 21.0. The molecule has 1 unspecified atom stereocenters. The van der Waals surface area contributed by atoms with Crippen molar-refractivity contribution in [3.05, 3.63) is 77.9 Å². The Morgan fingerprint density at radius 2 is 1.66 bits per heavy atom. The van der Waals surface area contributed by atoms with Crippen molar-refractivity contribution in [3.8, 4) is 5.75 Å². The van der Waals surface area contributed by atoms with Gasteiger partial charge >= 0.3 is 0 Å². The van der Waals surface area contributed by atoms with Gasteiger partial charge in [0, 0.05) is 18.9 Å². The number of hydrogen-bond donors (Lipinski definition) is 1. The van der Waals surface area contributed by atoms with Crippen molar-refractivity contribution in [2.24, 2.45) is 5.92 Å². The van der Waals surface area contributed by atoms with Crippen LogP contribution < -0.4 is 0 Å². The van der Waals surface area contributed by atoms with Crippen molar-refractivity contribution >= 4 is 11.8 Å². The minimum absolute atomic E-state index is 0.0548. The second kappa shape index (κ2) is 8.90. The van der Waals surface area contributed by atoms with Gasteiger partial charge in [-0.05, 0) is 47.7 Å². The van der Waals surface area contributed by atoms with E-state index >= 15 is 0 Å². The van der Waals surface area contributed by atoms with Crippen LogP contribution in [0.4, 0.5) is 4.39 Å². The molecule has 1 atom stereocenters. The van der Waals surface area contributed by atoms with Crippen LogP contribution >= 0.6 is 0 Å². The van der Waals surface area contributed by atoms with Crippen LogP contribution in [-0.2, 0) is 22.4 Å². The highest BCUT2D eigenvalue weighted by Gasteiger charge is 2.36. The fourth-order valence-electron chi connectivity index (χ4n) is 3.42. The van der Waals surface area contributed by atoms with E-state index in [0.29, 0.717) is 18.5 Å². The summed E-state index contributed by atoms with van der Waals surface area (Å²) in [6.07, 6.45) is 4.05. The average molecular weight is 396 g/mol. The Hall–Kier alpha value is -3.15. The number of carbonyl (C=O) groups excluding carboxylic acids is 2. The van der Waals surface area contributed by atoms with Crippen LogP contribution in [0.1, 0.15) is 25.0 Å². The van der Waals surface area contributed by atoms with Gasteiger partial charge in [-0.3, -0.25) is 9.59 Å². The highest BCUT2D eigenvalue weighted by Crippen LogP contribution is 2.22. The summed E-state index contributed by atoms with van der Waals surface area (Å²) >= 11 is 0. The minimum atomic E-state index is -0.576. The maximum absolute atomic E-state index is 13.1. The number of amides is 2. The lowest BCUT2D eigenvalue weighted by Gasteiger charge is -2.38. The highest BCUT2D eigenvalue weighted by molar-refractivity contribution is 5.91. The number of halogens is 1. The van der Waals surface area contributed by atoms with E-state index in [1.807, 2.05) is 26.0 Å². The predicted octanol–water partition coefficient (Wildman–Crippen LogP) is 3.48. The summed E-state index contributed by atoms with van der Waals surface area (Å²) in [4.78, 5) is 29.0. The lowest BCUT2D eigenvalue weighted by Crippen LogP contribution is -2.53. The van der Waals surface area contributed by atoms with Gasteiger partial charge < -0.3 is 14.9 Å². The second-order valence-electron chi connectivity index (χ2n) is 7.54. The third kappa shape index (κ3) is 5.02. The van der Waals surface area contributed by atoms with Gasteiger partial charge in [-0.25, -0.2) is 4.39 Å². The molecular formula is C23H25FN2O3. The van der Waals surface area contributed by atoms with Crippen LogP contribution in [0.3, 0.4) is 0 Å². The Balaban J connectivity index is 1.71. The number of aromatic hydroxyl groups is 1. The normalized spacial score (nSPS) is 16.6. The average Bonchev–Trinajstić information content (AvgIpc) is 2.69. The molecule has 0 aliphatic carbocycles. The van der Waals surface area contributed by atoms with Crippen LogP contribution in [0.15, 0.2) is 60.9 Å². The lowest BCUT2D eigenvalue weighted by atomic mass is 9.98. The quantitative estimate of drug-likeness (QED) is 0.813. The first-order valence-corrected chi connectivity index (χ1v) is 9.67. The molecule has 1 aliphatic rings. The molecule has 2 aromatic rings. The summed E-state index contributed by atoms with van der Waals surface area (Å²) in [5.74, 6) is -0.510. The fourth-order valence-corrected chi connectivity index (χ4v) is 3.42. The van der Waals surface area contributed by atoms with Crippen LogP contribution in [0.5, 0.6) is 5.75 Å². The first-order chi connectivity index (χ1) is 13.8. The van der Waals surface area contributed by atoms with Crippen LogP contribution in [0.25, 0.3) is 0 Å². The van der Waals surface area contributed by atoms with Crippen LogP contribution in [0.2, 0.25) is 0 Å². The van der Waals surface area contributed by atoms with Crippen molar-refractivity contribution in [2.75, 3.05) is 6.54 Å².